The first-order valence-corrected chi connectivity index (χ1v) is 15.6. The molecule has 0 N–H and O–H groups in total. The van der Waals surface area contributed by atoms with Gasteiger partial charge in [-0.1, -0.05) is 49.4 Å². The van der Waals surface area contributed by atoms with Crippen LogP contribution in [0.15, 0.2) is 65.6 Å². The van der Waals surface area contributed by atoms with Crippen molar-refractivity contribution in [2.75, 3.05) is 41.9 Å². The number of sulfonamides is 1. The molecule has 3 aromatic carbocycles. The van der Waals surface area contributed by atoms with Gasteiger partial charge < -0.3 is 4.90 Å². The van der Waals surface area contributed by atoms with Crippen LogP contribution in [0.5, 0.6) is 0 Å². The van der Waals surface area contributed by atoms with E-state index in [1.807, 2.05) is 37.3 Å². The third kappa shape index (κ3) is 5.31. The fraction of sp³-hybridized carbons (Fsp3) is 0.333. The van der Waals surface area contributed by atoms with Gasteiger partial charge in [-0.15, -0.1) is 0 Å². The van der Waals surface area contributed by atoms with Crippen molar-refractivity contribution < 1.29 is 13.2 Å². The lowest BCUT2D eigenvalue weighted by Gasteiger charge is -2.25. The second-order valence-electron chi connectivity index (χ2n) is 9.89. The number of rotatable bonds is 9. The van der Waals surface area contributed by atoms with Crippen LogP contribution in [0.3, 0.4) is 0 Å². The Morgan fingerprint density at radius 3 is 2.44 bits per heavy atom. The molecule has 9 heteroatoms. The summed E-state index contributed by atoms with van der Waals surface area (Å²) in [7, 11) is -3.73. The summed E-state index contributed by atoms with van der Waals surface area (Å²) >= 11 is 1.52. The van der Waals surface area contributed by atoms with Crippen LogP contribution in [0.4, 0.5) is 10.8 Å². The first-order valence-electron chi connectivity index (χ1n) is 13.4. The molecule has 4 aromatic rings. The van der Waals surface area contributed by atoms with Crippen LogP contribution >= 0.6 is 11.3 Å². The highest BCUT2D eigenvalue weighted by molar-refractivity contribution is 7.92. The van der Waals surface area contributed by atoms with Gasteiger partial charge in [-0.2, -0.15) is 0 Å². The second kappa shape index (κ2) is 11.1. The summed E-state index contributed by atoms with van der Waals surface area (Å²) in [4.78, 5) is 22.9. The van der Waals surface area contributed by atoms with Gasteiger partial charge in [0.2, 0.25) is 0 Å². The number of nitrogens with zero attached hydrogens (tertiary/aromatic N) is 4. The van der Waals surface area contributed by atoms with Gasteiger partial charge in [-0.05, 0) is 86.4 Å². The monoisotopic (exact) mass is 562 g/mol. The molecule has 1 aliphatic rings. The lowest BCUT2D eigenvalue weighted by molar-refractivity contribution is 0.0983. The van der Waals surface area contributed by atoms with Crippen molar-refractivity contribution in [2.45, 2.75) is 39.0 Å². The predicted molar refractivity (Wildman–Crippen MR) is 160 cm³/mol. The van der Waals surface area contributed by atoms with Crippen molar-refractivity contribution in [3.63, 3.8) is 0 Å². The topological polar surface area (TPSA) is 73.8 Å². The third-order valence-corrected chi connectivity index (χ3v) is 10.4. The van der Waals surface area contributed by atoms with Gasteiger partial charge in [0, 0.05) is 25.2 Å². The van der Waals surface area contributed by atoms with E-state index in [0.29, 0.717) is 36.8 Å². The molecule has 0 atom stereocenters. The Balaban J connectivity index is 1.45. The zero-order valence-corrected chi connectivity index (χ0v) is 24.5. The number of aromatic nitrogens is 1. The zero-order chi connectivity index (χ0) is 27.7. The number of thiazole rings is 1. The Morgan fingerprint density at radius 2 is 1.72 bits per heavy atom. The number of benzene rings is 3. The van der Waals surface area contributed by atoms with Crippen molar-refractivity contribution in [3.05, 3.63) is 82.9 Å². The smallest absolute Gasteiger partial charge is 0.264 e. The lowest BCUT2D eigenvalue weighted by atomic mass is 10.1. The van der Waals surface area contributed by atoms with E-state index in [-0.39, 0.29) is 10.8 Å². The SMILES string of the molecule is CCN(CC)CCN(C(=O)c1ccc(S(=O)(=O)N2CCc3ccccc32)cc1)c1nc2cc(C)cc(C)c2s1. The van der Waals surface area contributed by atoms with Crippen LogP contribution < -0.4 is 9.21 Å². The van der Waals surface area contributed by atoms with Crippen LogP contribution in [0.2, 0.25) is 0 Å². The van der Waals surface area contributed by atoms with Gasteiger partial charge in [0.15, 0.2) is 5.13 Å². The van der Waals surface area contributed by atoms with E-state index in [4.69, 9.17) is 4.98 Å². The second-order valence-corrected chi connectivity index (χ2v) is 12.7. The Hall–Kier alpha value is -3.27. The summed E-state index contributed by atoms with van der Waals surface area (Å²) in [6.07, 6.45) is 0.689. The number of amides is 1. The number of hydrogen-bond donors (Lipinski definition) is 0. The van der Waals surface area contributed by atoms with Crippen LogP contribution in [0, 0.1) is 13.8 Å². The van der Waals surface area contributed by atoms with Crippen LogP contribution in [0.1, 0.15) is 40.9 Å². The van der Waals surface area contributed by atoms with Crippen molar-refractivity contribution in [1.29, 1.82) is 0 Å². The summed E-state index contributed by atoms with van der Waals surface area (Å²) in [6, 6.07) is 18.1. The minimum absolute atomic E-state index is 0.177. The number of likely N-dealkylation sites (N-methyl/N-ethyl adjacent to an activating group) is 1. The summed E-state index contributed by atoms with van der Waals surface area (Å²) < 4.78 is 29.4. The van der Waals surface area contributed by atoms with E-state index in [0.717, 1.165) is 45.7 Å². The molecule has 0 bridgehead atoms. The number of carbonyl (C=O) groups excluding carboxylic acids is 1. The van der Waals surface area contributed by atoms with E-state index in [9.17, 15) is 13.2 Å². The minimum Gasteiger partial charge on any atom is -0.302 e. The lowest BCUT2D eigenvalue weighted by Crippen LogP contribution is -2.39. The normalized spacial score (nSPS) is 13.3. The van der Waals surface area contributed by atoms with Crippen molar-refractivity contribution in [1.82, 2.24) is 9.88 Å². The summed E-state index contributed by atoms with van der Waals surface area (Å²) in [5.41, 5.74) is 5.35. The van der Waals surface area contributed by atoms with E-state index in [2.05, 4.69) is 31.7 Å². The molecule has 0 aliphatic carbocycles. The molecular weight excluding hydrogens is 528 g/mol. The zero-order valence-electron chi connectivity index (χ0n) is 22.8. The van der Waals surface area contributed by atoms with Crippen molar-refractivity contribution >= 4 is 48.3 Å². The fourth-order valence-corrected chi connectivity index (χ4v) is 7.70. The average molecular weight is 563 g/mol. The van der Waals surface area contributed by atoms with Crippen LogP contribution in [-0.2, 0) is 16.4 Å². The molecule has 0 saturated carbocycles. The van der Waals surface area contributed by atoms with E-state index in [1.165, 1.54) is 27.8 Å². The Morgan fingerprint density at radius 1 is 1.00 bits per heavy atom. The summed E-state index contributed by atoms with van der Waals surface area (Å²) in [5, 5.41) is 0.654. The molecule has 1 aromatic heterocycles. The summed E-state index contributed by atoms with van der Waals surface area (Å²) in [5.74, 6) is -0.189. The number of anilines is 2. The number of carbonyl (C=O) groups is 1. The van der Waals surface area contributed by atoms with Gasteiger partial charge in [-0.3, -0.25) is 14.0 Å². The molecule has 0 radical (unpaired) electrons. The quantitative estimate of drug-likeness (QED) is 0.264. The Kier molecular flexibility index (Phi) is 7.75. The third-order valence-electron chi connectivity index (χ3n) is 7.35. The highest BCUT2D eigenvalue weighted by atomic mass is 32.2. The van der Waals surface area contributed by atoms with Crippen LogP contribution in [-0.4, -0.2) is 56.9 Å². The van der Waals surface area contributed by atoms with Gasteiger partial charge >= 0.3 is 0 Å². The number of aryl methyl sites for hydroxylation is 2. The molecule has 2 heterocycles. The molecule has 0 unspecified atom stereocenters. The maximum Gasteiger partial charge on any atom is 0.264 e. The summed E-state index contributed by atoms with van der Waals surface area (Å²) in [6.45, 7) is 11.7. The van der Waals surface area contributed by atoms with Gasteiger partial charge in [0.05, 0.1) is 20.8 Å². The highest BCUT2D eigenvalue weighted by Crippen LogP contribution is 2.34. The predicted octanol–water partition coefficient (Wildman–Crippen LogP) is 5.65. The molecule has 39 heavy (non-hydrogen) atoms. The molecule has 7 nitrogen and oxygen atoms in total. The molecule has 1 aliphatic heterocycles. The fourth-order valence-electron chi connectivity index (χ4n) is 5.16. The first kappa shape index (κ1) is 27.3. The first-order chi connectivity index (χ1) is 18.7. The van der Waals surface area contributed by atoms with Crippen molar-refractivity contribution in [3.8, 4) is 0 Å². The Labute approximate surface area is 234 Å². The molecular formula is C30H34N4O3S2. The highest BCUT2D eigenvalue weighted by Gasteiger charge is 2.31. The van der Waals surface area contributed by atoms with E-state index >= 15 is 0 Å². The molecule has 1 amide bonds. The molecule has 0 fully saturated rings. The number of hydrogen-bond acceptors (Lipinski definition) is 6. The minimum atomic E-state index is -3.73. The molecule has 5 rings (SSSR count). The largest absolute Gasteiger partial charge is 0.302 e. The molecule has 204 valence electrons. The molecule has 0 saturated heterocycles. The van der Waals surface area contributed by atoms with Gasteiger partial charge in [0.1, 0.15) is 0 Å². The standard InChI is InChI=1S/C30H34N4O3S2/c1-5-32(6-2)17-18-33(30-31-26-20-21(3)19-22(4)28(26)38-30)29(35)24-11-13-25(14-12-24)39(36,37)34-16-15-23-9-7-8-10-27(23)34/h7-14,19-20H,5-6,15-18H2,1-4H3. The maximum atomic E-state index is 13.9. The van der Waals surface area contributed by atoms with Gasteiger partial charge in [0.25, 0.3) is 15.9 Å². The Bertz CT molecular complexity index is 1610. The van der Waals surface area contributed by atoms with Crippen molar-refractivity contribution in [2.24, 2.45) is 0 Å². The van der Waals surface area contributed by atoms with Crippen LogP contribution in [0.25, 0.3) is 10.2 Å². The average Bonchev–Trinajstić information content (AvgIpc) is 3.56. The number of para-hydroxylation sites is 1. The molecule has 0 spiro atoms. The van der Waals surface area contributed by atoms with E-state index in [1.54, 1.807) is 17.0 Å². The maximum absolute atomic E-state index is 13.9. The number of fused-ring (bicyclic) bond motifs is 2. The van der Waals surface area contributed by atoms with E-state index < -0.39 is 10.0 Å². The van der Waals surface area contributed by atoms with Gasteiger partial charge in [-0.25, -0.2) is 13.4 Å².